The van der Waals surface area contributed by atoms with Crippen molar-refractivity contribution in [3.63, 3.8) is 0 Å². The number of anilines is 1. The summed E-state index contributed by atoms with van der Waals surface area (Å²) >= 11 is 0. The fourth-order valence-corrected chi connectivity index (χ4v) is 2.17. The van der Waals surface area contributed by atoms with Gasteiger partial charge in [-0.15, -0.1) is 0 Å². The standard InChI is InChI=1S/C18H21NO3/c1-13-6-4-5-7-17(13)22-11-10-19-15-8-9-16(14(2)20)18(12-15)21-3/h4-9,12,19H,10-11H2,1-3H3. The number of ketones is 1. The highest BCUT2D eigenvalue weighted by atomic mass is 16.5. The van der Waals surface area contributed by atoms with Gasteiger partial charge < -0.3 is 14.8 Å². The van der Waals surface area contributed by atoms with Crippen LogP contribution in [0, 0.1) is 6.92 Å². The van der Waals surface area contributed by atoms with Gasteiger partial charge in [0.25, 0.3) is 0 Å². The molecule has 0 atom stereocenters. The molecule has 0 aromatic heterocycles. The third-order valence-corrected chi connectivity index (χ3v) is 3.36. The minimum absolute atomic E-state index is 0.00807. The molecule has 0 aliphatic carbocycles. The van der Waals surface area contributed by atoms with Gasteiger partial charge in [-0.25, -0.2) is 0 Å². The van der Waals surface area contributed by atoms with Crippen LogP contribution in [0.5, 0.6) is 11.5 Å². The molecule has 4 heteroatoms. The van der Waals surface area contributed by atoms with Crippen LogP contribution in [0.25, 0.3) is 0 Å². The molecule has 0 aliphatic heterocycles. The number of hydrogen-bond donors (Lipinski definition) is 1. The highest BCUT2D eigenvalue weighted by Crippen LogP contribution is 2.23. The Morgan fingerprint density at radius 1 is 1.14 bits per heavy atom. The number of hydrogen-bond acceptors (Lipinski definition) is 4. The summed E-state index contributed by atoms with van der Waals surface area (Å²) in [6.45, 7) is 4.77. The average Bonchev–Trinajstić information content (AvgIpc) is 2.52. The Morgan fingerprint density at radius 3 is 2.59 bits per heavy atom. The molecule has 2 aromatic rings. The summed E-state index contributed by atoms with van der Waals surface area (Å²) in [5.41, 5.74) is 2.61. The molecular formula is C18H21NO3. The van der Waals surface area contributed by atoms with Crippen molar-refractivity contribution in [1.29, 1.82) is 0 Å². The third kappa shape index (κ3) is 4.01. The van der Waals surface area contributed by atoms with Gasteiger partial charge in [-0.2, -0.15) is 0 Å². The number of ether oxygens (including phenoxy) is 2. The van der Waals surface area contributed by atoms with E-state index in [-0.39, 0.29) is 5.78 Å². The first-order valence-electron chi connectivity index (χ1n) is 7.23. The van der Waals surface area contributed by atoms with Crippen LogP contribution < -0.4 is 14.8 Å². The molecule has 0 fully saturated rings. The van der Waals surface area contributed by atoms with Crippen LogP contribution in [0.4, 0.5) is 5.69 Å². The van der Waals surface area contributed by atoms with Crippen LogP contribution >= 0.6 is 0 Å². The summed E-state index contributed by atoms with van der Waals surface area (Å²) in [6, 6.07) is 13.4. The van der Waals surface area contributed by atoms with Crippen molar-refractivity contribution in [3.8, 4) is 11.5 Å². The second-order valence-electron chi connectivity index (χ2n) is 5.01. The van der Waals surface area contributed by atoms with Crippen LogP contribution in [0.3, 0.4) is 0 Å². The van der Waals surface area contributed by atoms with Gasteiger partial charge in [-0.3, -0.25) is 4.79 Å². The van der Waals surface area contributed by atoms with Crippen molar-refractivity contribution in [2.75, 3.05) is 25.6 Å². The van der Waals surface area contributed by atoms with Gasteiger partial charge in [-0.05, 0) is 37.6 Å². The number of rotatable bonds is 7. The Morgan fingerprint density at radius 2 is 1.91 bits per heavy atom. The summed E-state index contributed by atoms with van der Waals surface area (Å²) in [5, 5.41) is 3.26. The highest BCUT2D eigenvalue weighted by molar-refractivity contribution is 5.97. The van der Waals surface area contributed by atoms with E-state index in [1.54, 1.807) is 13.2 Å². The lowest BCUT2D eigenvalue weighted by Crippen LogP contribution is -2.12. The normalized spacial score (nSPS) is 10.1. The molecule has 0 amide bonds. The van der Waals surface area contributed by atoms with E-state index in [1.807, 2.05) is 43.3 Å². The van der Waals surface area contributed by atoms with Crippen LogP contribution in [-0.2, 0) is 0 Å². The van der Waals surface area contributed by atoms with Crippen LogP contribution in [0.2, 0.25) is 0 Å². The first-order chi connectivity index (χ1) is 10.6. The molecule has 0 saturated carbocycles. The maximum absolute atomic E-state index is 11.5. The van der Waals surface area contributed by atoms with E-state index in [4.69, 9.17) is 9.47 Å². The summed E-state index contributed by atoms with van der Waals surface area (Å²) < 4.78 is 11.0. The molecule has 0 spiro atoms. The SMILES string of the molecule is COc1cc(NCCOc2ccccc2C)ccc1C(C)=O. The van der Waals surface area contributed by atoms with E-state index in [2.05, 4.69) is 5.32 Å². The van der Waals surface area contributed by atoms with Gasteiger partial charge >= 0.3 is 0 Å². The Kier molecular flexibility index (Phi) is 5.42. The van der Waals surface area contributed by atoms with E-state index in [1.165, 1.54) is 6.92 Å². The number of carbonyl (C=O) groups excluding carboxylic acids is 1. The lowest BCUT2D eigenvalue weighted by Gasteiger charge is -2.12. The molecule has 4 nitrogen and oxygen atoms in total. The predicted molar refractivity (Wildman–Crippen MR) is 88.2 cm³/mol. The van der Waals surface area contributed by atoms with Gasteiger partial charge in [0, 0.05) is 18.3 Å². The van der Waals surface area contributed by atoms with Crippen molar-refractivity contribution in [2.24, 2.45) is 0 Å². The van der Waals surface area contributed by atoms with Crippen LogP contribution in [-0.4, -0.2) is 26.0 Å². The number of benzene rings is 2. The Bertz CT molecular complexity index is 653. The first kappa shape index (κ1) is 15.9. The Hall–Kier alpha value is -2.49. The van der Waals surface area contributed by atoms with Crippen LogP contribution in [0.1, 0.15) is 22.8 Å². The van der Waals surface area contributed by atoms with Crippen molar-refractivity contribution in [1.82, 2.24) is 0 Å². The predicted octanol–water partition coefficient (Wildman–Crippen LogP) is 3.70. The Balaban J connectivity index is 1.89. The van der Waals surface area contributed by atoms with E-state index in [0.29, 0.717) is 24.5 Å². The molecule has 2 aromatic carbocycles. The van der Waals surface area contributed by atoms with Crippen LogP contribution in [0.15, 0.2) is 42.5 Å². The van der Waals surface area contributed by atoms with Crippen molar-refractivity contribution in [3.05, 3.63) is 53.6 Å². The smallest absolute Gasteiger partial charge is 0.163 e. The molecule has 2 rings (SSSR count). The molecule has 0 bridgehead atoms. The number of aryl methyl sites for hydroxylation is 1. The molecular weight excluding hydrogens is 278 g/mol. The van der Waals surface area contributed by atoms with Crippen molar-refractivity contribution in [2.45, 2.75) is 13.8 Å². The maximum atomic E-state index is 11.5. The number of carbonyl (C=O) groups is 1. The molecule has 0 saturated heterocycles. The van der Waals surface area contributed by atoms with Gasteiger partial charge in [0.2, 0.25) is 0 Å². The summed E-state index contributed by atoms with van der Waals surface area (Å²) in [4.78, 5) is 11.5. The average molecular weight is 299 g/mol. The molecule has 22 heavy (non-hydrogen) atoms. The van der Waals surface area contributed by atoms with Gasteiger partial charge in [-0.1, -0.05) is 18.2 Å². The lowest BCUT2D eigenvalue weighted by molar-refractivity contribution is 0.101. The van der Waals surface area contributed by atoms with Gasteiger partial charge in [0.05, 0.1) is 12.7 Å². The second kappa shape index (κ2) is 7.50. The molecule has 0 aliphatic rings. The van der Waals surface area contributed by atoms with E-state index in [9.17, 15) is 4.79 Å². The molecule has 1 N–H and O–H groups in total. The molecule has 116 valence electrons. The third-order valence-electron chi connectivity index (χ3n) is 3.36. The largest absolute Gasteiger partial charge is 0.496 e. The fourth-order valence-electron chi connectivity index (χ4n) is 2.17. The minimum atomic E-state index is -0.00807. The zero-order valence-electron chi connectivity index (χ0n) is 13.2. The van der Waals surface area contributed by atoms with E-state index in [0.717, 1.165) is 17.0 Å². The zero-order chi connectivity index (χ0) is 15.9. The van der Waals surface area contributed by atoms with Crippen molar-refractivity contribution >= 4 is 11.5 Å². The van der Waals surface area contributed by atoms with Gasteiger partial charge in [0.1, 0.15) is 18.1 Å². The quantitative estimate of drug-likeness (QED) is 0.625. The Labute approximate surface area is 131 Å². The van der Waals surface area contributed by atoms with Gasteiger partial charge in [0.15, 0.2) is 5.78 Å². The molecule has 0 unspecified atom stereocenters. The number of para-hydroxylation sites is 1. The van der Waals surface area contributed by atoms with E-state index < -0.39 is 0 Å². The zero-order valence-corrected chi connectivity index (χ0v) is 13.2. The van der Waals surface area contributed by atoms with E-state index >= 15 is 0 Å². The topological polar surface area (TPSA) is 47.6 Å². The fraction of sp³-hybridized carbons (Fsp3) is 0.278. The second-order valence-corrected chi connectivity index (χ2v) is 5.01. The summed E-state index contributed by atoms with van der Waals surface area (Å²) in [6.07, 6.45) is 0. The summed E-state index contributed by atoms with van der Waals surface area (Å²) in [5.74, 6) is 1.47. The molecule has 0 radical (unpaired) electrons. The number of nitrogens with one attached hydrogen (secondary N) is 1. The number of Topliss-reactive ketones (excluding diaryl/α,β-unsaturated/α-hetero) is 1. The lowest BCUT2D eigenvalue weighted by atomic mass is 10.1. The molecule has 0 heterocycles. The minimum Gasteiger partial charge on any atom is -0.496 e. The number of methoxy groups -OCH3 is 1. The first-order valence-corrected chi connectivity index (χ1v) is 7.23. The maximum Gasteiger partial charge on any atom is 0.163 e. The van der Waals surface area contributed by atoms with Crippen molar-refractivity contribution < 1.29 is 14.3 Å². The summed E-state index contributed by atoms with van der Waals surface area (Å²) in [7, 11) is 1.56. The monoisotopic (exact) mass is 299 g/mol. The highest BCUT2D eigenvalue weighted by Gasteiger charge is 2.08.